The number of β-amino-alcohol motifs (C(OH)–C–C–N with tert-alkyl or cyclic N) is 1. The molecular weight excluding hydrogens is 297 g/mol. The van der Waals surface area contributed by atoms with Crippen LogP contribution in [0.5, 0.6) is 5.75 Å². The lowest BCUT2D eigenvalue weighted by molar-refractivity contribution is 0.0981. The Balaban J connectivity index is 1.79. The summed E-state index contributed by atoms with van der Waals surface area (Å²) in [6.07, 6.45) is 4.25. The fraction of sp³-hybridized carbons (Fsp3) is 0.600. The van der Waals surface area contributed by atoms with Gasteiger partial charge in [-0.2, -0.15) is 0 Å². The number of hydrogen-bond donors (Lipinski definition) is 2. The molecule has 5 heteroatoms. The molecule has 20 heavy (non-hydrogen) atoms. The van der Waals surface area contributed by atoms with Crippen molar-refractivity contribution in [2.45, 2.75) is 44.2 Å². The highest BCUT2D eigenvalue weighted by molar-refractivity contribution is 6.37. The van der Waals surface area contributed by atoms with E-state index in [1.165, 1.54) is 12.8 Å². The highest BCUT2D eigenvalue weighted by Gasteiger charge is 2.28. The van der Waals surface area contributed by atoms with Gasteiger partial charge >= 0.3 is 0 Å². The van der Waals surface area contributed by atoms with Crippen molar-refractivity contribution < 1.29 is 9.84 Å². The summed E-state index contributed by atoms with van der Waals surface area (Å²) in [4.78, 5) is 0. The van der Waals surface area contributed by atoms with Crippen LogP contribution in [-0.2, 0) is 0 Å². The van der Waals surface area contributed by atoms with Crippen molar-refractivity contribution in [2.24, 2.45) is 0 Å². The van der Waals surface area contributed by atoms with Crippen LogP contribution in [0.15, 0.2) is 18.2 Å². The van der Waals surface area contributed by atoms with Gasteiger partial charge in [-0.05, 0) is 31.9 Å². The van der Waals surface area contributed by atoms with Crippen molar-refractivity contribution in [1.82, 2.24) is 5.32 Å². The van der Waals surface area contributed by atoms with Crippen LogP contribution in [-0.4, -0.2) is 29.9 Å². The Hall–Kier alpha value is -0.480. The molecule has 3 nitrogen and oxygen atoms in total. The van der Waals surface area contributed by atoms with Crippen LogP contribution in [0.4, 0.5) is 0 Å². The zero-order valence-corrected chi connectivity index (χ0v) is 13.2. The molecule has 0 aromatic heterocycles. The fourth-order valence-corrected chi connectivity index (χ4v) is 3.06. The Labute approximate surface area is 130 Å². The smallest absolute Gasteiger partial charge is 0.156 e. The third-order valence-corrected chi connectivity index (χ3v) is 4.41. The molecule has 0 heterocycles. The predicted octanol–water partition coefficient (Wildman–Crippen LogP) is 3.66. The van der Waals surface area contributed by atoms with Gasteiger partial charge in [0.05, 0.1) is 10.0 Å². The SMILES string of the molecule is CC1(NCC(O)COc2c(Cl)cccc2Cl)CCCC1. The number of halogens is 2. The van der Waals surface area contributed by atoms with E-state index in [1.807, 2.05) is 0 Å². The largest absolute Gasteiger partial charge is 0.488 e. The number of aliphatic hydroxyl groups excluding tert-OH is 1. The number of para-hydroxylation sites is 1. The van der Waals surface area contributed by atoms with E-state index in [0.29, 0.717) is 22.3 Å². The molecule has 2 rings (SSSR count). The topological polar surface area (TPSA) is 41.5 Å². The summed E-state index contributed by atoms with van der Waals surface area (Å²) < 4.78 is 5.52. The van der Waals surface area contributed by atoms with E-state index in [9.17, 15) is 5.11 Å². The molecule has 0 saturated heterocycles. The molecule has 1 aromatic rings. The molecule has 1 saturated carbocycles. The lowest BCUT2D eigenvalue weighted by atomic mass is 10.0. The van der Waals surface area contributed by atoms with Gasteiger partial charge < -0.3 is 15.2 Å². The van der Waals surface area contributed by atoms with E-state index in [-0.39, 0.29) is 12.1 Å². The molecule has 0 radical (unpaired) electrons. The van der Waals surface area contributed by atoms with E-state index in [2.05, 4.69) is 12.2 Å². The van der Waals surface area contributed by atoms with Crippen molar-refractivity contribution in [1.29, 1.82) is 0 Å². The van der Waals surface area contributed by atoms with Gasteiger partial charge in [0.25, 0.3) is 0 Å². The van der Waals surface area contributed by atoms with Crippen molar-refractivity contribution in [3.05, 3.63) is 28.2 Å². The summed E-state index contributed by atoms with van der Waals surface area (Å²) in [5, 5.41) is 14.3. The average Bonchev–Trinajstić information content (AvgIpc) is 2.83. The molecule has 1 fully saturated rings. The maximum Gasteiger partial charge on any atom is 0.156 e. The van der Waals surface area contributed by atoms with Gasteiger partial charge in [-0.3, -0.25) is 0 Å². The first-order valence-corrected chi connectivity index (χ1v) is 7.76. The van der Waals surface area contributed by atoms with Crippen LogP contribution in [0.1, 0.15) is 32.6 Å². The summed E-state index contributed by atoms with van der Waals surface area (Å²) in [6.45, 7) is 2.89. The number of nitrogens with one attached hydrogen (secondary N) is 1. The van der Waals surface area contributed by atoms with E-state index in [4.69, 9.17) is 27.9 Å². The van der Waals surface area contributed by atoms with E-state index in [1.54, 1.807) is 18.2 Å². The molecule has 2 N–H and O–H groups in total. The summed E-state index contributed by atoms with van der Waals surface area (Å²) in [7, 11) is 0. The lowest BCUT2D eigenvalue weighted by Gasteiger charge is -2.27. The molecular formula is C15H21Cl2NO2. The second-order valence-corrected chi connectivity index (χ2v) is 6.48. The van der Waals surface area contributed by atoms with E-state index >= 15 is 0 Å². The Morgan fingerprint density at radius 1 is 1.30 bits per heavy atom. The number of benzene rings is 1. The highest BCUT2D eigenvalue weighted by Crippen LogP contribution is 2.32. The van der Waals surface area contributed by atoms with Crippen LogP contribution < -0.4 is 10.1 Å². The van der Waals surface area contributed by atoms with Gasteiger partial charge in [0, 0.05) is 12.1 Å². The molecule has 1 aliphatic carbocycles. The minimum absolute atomic E-state index is 0.156. The minimum Gasteiger partial charge on any atom is -0.488 e. The molecule has 1 atom stereocenters. The third kappa shape index (κ3) is 4.26. The van der Waals surface area contributed by atoms with Crippen molar-refractivity contribution in [3.63, 3.8) is 0 Å². The monoisotopic (exact) mass is 317 g/mol. The van der Waals surface area contributed by atoms with Gasteiger partial charge in [0.2, 0.25) is 0 Å². The standard InChI is InChI=1S/C15H21Cl2NO2/c1-15(7-2-3-8-15)18-9-11(19)10-20-14-12(16)5-4-6-13(14)17/h4-6,11,18-19H,2-3,7-10H2,1H3. The van der Waals surface area contributed by atoms with Crippen LogP contribution in [0, 0.1) is 0 Å². The van der Waals surface area contributed by atoms with Crippen molar-refractivity contribution >= 4 is 23.2 Å². The quantitative estimate of drug-likeness (QED) is 0.841. The summed E-state index contributed by atoms with van der Waals surface area (Å²) in [5.41, 5.74) is 0.156. The van der Waals surface area contributed by atoms with E-state index < -0.39 is 6.10 Å². The van der Waals surface area contributed by atoms with E-state index in [0.717, 1.165) is 12.8 Å². The normalized spacial score (nSPS) is 19.0. The minimum atomic E-state index is -0.584. The van der Waals surface area contributed by atoms with Gasteiger partial charge in [0.1, 0.15) is 12.7 Å². The molecule has 0 bridgehead atoms. The number of rotatable bonds is 6. The molecule has 112 valence electrons. The Morgan fingerprint density at radius 3 is 2.50 bits per heavy atom. The zero-order chi connectivity index (χ0) is 14.6. The lowest BCUT2D eigenvalue weighted by Crippen LogP contribution is -2.44. The average molecular weight is 318 g/mol. The number of ether oxygens (including phenoxy) is 1. The van der Waals surface area contributed by atoms with Crippen LogP contribution in [0.25, 0.3) is 0 Å². The first kappa shape index (κ1) is 15.9. The molecule has 0 spiro atoms. The second kappa shape index (κ2) is 6.99. The molecule has 0 amide bonds. The maximum absolute atomic E-state index is 9.99. The van der Waals surface area contributed by atoms with Crippen molar-refractivity contribution in [2.75, 3.05) is 13.2 Å². The Bertz CT molecular complexity index is 427. The van der Waals surface area contributed by atoms with Crippen LogP contribution >= 0.6 is 23.2 Å². The first-order chi connectivity index (χ1) is 9.50. The van der Waals surface area contributed by atoms with Gasteiger partial charge in [-0.1, -0.05) is 42.1 Å². The van der Waals surface area contributed by atoms with Crippen LogP contribution in [0.3, 0.4) is 0 Å². The first-order valence-electron chi connectivity index (χ1n) is 7.00. The molecule has 1 aromatic carbocycles. The molecule has 0 aliphatic heterocycles. The summed E-state index contributed by atoms with van der Waals surface area (Å²) in [6, 6.07) is 5.19. The van der Waals surface area contributed by atoms with Gasteiger partial charge in [-0.15, -0.1) is 0 Å². The number of aliphatic hydroxyl groups is 1. The van der Waals surface area contributed by atoms with Gasteiger partial charge in [0.15, 0.2) is 5.75 Å². The zero-order valence-electron chi connectivity index (χ0n) is 11.7. The second-order valence-electron chi connectivity index (χ2n) is 5.66. The van der Waals surface area contributed by atoms with Crippen LogP contribution in [0.2, 0.25) is 10.0 Å². The highest BCUT2D eigenvalue weighted by atomic mass is 35.5. The summed E-state index contributed by atoms with van der Waals surface area (Å²) >= 11 is 12.0. The van der Waals surface area contributed by atoms with Crippen molar-refractivity contribution in [3.8, 4) is 5.75 Å². The fourth-order valence-electron chi connectivity index (χ4n) is 2.56. The Kier molecular flexibility index (Phi) is 5.56. The van der Waals surface area contributed by atoms with Gasteiger partial charge in [-0.25, -0.2) is 0 Å². The summed E-state index contributed by atoms with van der Waals surface area (Å²) in [5.74, 6) is 0.432. The number of hydrogen-bond acceptors (Lipinski definition) is 3. The predicted molar refractivity (Wildman–Crippen MR) is 82.8 cm³/mol. The Morgan fingerprint density at radius 2 is 1.90 bits per heavy atom. The molecule has 1 aliphatic rings. The molecule has 1 unspecified atom stereocenters. The maximum atomic E-state index is 9.99. The third-order valence-electron chi connectivity index (χ3n) is 3.81.